The van der Waals surface area contributed by atoms with Crippen LogP contribution in [0.15, 0.2) is 42.2 Å². The summed E-state index contributed by atoms with van der Waals surface area (Å²) >= 11 is 0. The first kappa shape index (κ1) is 9.52. The number of hydrogen-bond acceptors (Lipinski definition) is 2. The van der Waals surface area contributed by atoms with E-state index in [1.54, 1.807) is 19.1 Å². The van der Waals surface area contributed by atoms with Gasteiger partial charge in [0.1, 0.15) is 0 Å². The molecule has 1 aromatic rings. The predicted octanol–water partition coefficient (Wildman–Crippen LogP) is 2.42. The Morgan fingerprint density at radius 1 is 1.31 bits per heavy atom. The molecule has 0 amide bonds. The van der Waals surface area contributed by atoms with Gasteiger partial charge in [-0.2, -0.15) is 0 Å². The third kappa shape index (κ3) is 2.44. The van der Waals surface area contributed by atoms with Crippen molar-refractivity contribution in [2.24, 2.45) is 0 Å². The number of carbonyl (C=O) groups is 1. The van der Waals surface area contributed by atoms with Gasteiger partial charge in [0.15, 0.2) is 5.78 Å². The van der Waals surface area contributed by atoms with Crippen LogP contribution < -0.4 is 0 Å². The molecule has 0 aliphatic heterocycles. The fraction of sp³-hybridized carbons (Fsp3) is 0.182. The van der Waals surface area contributed by atoms with Crippen molar-refractivity contribution in [3.05, 3.63) is 47.7 Å². The zero-order valence-electron chi connectivity index (χ0n) is 7.78. The fourth-order valence-electron chi connectivity index (χ4n) is 1.05. The van der Waals surface area contributed by atoms with Gasteiger partial charge in [-0.3, -0.25) is 4.79 Å². The Morgan fingerprint density at radius 3 is 2.46 bits per heavy atom. The van der Waals surface area contributed by atoms with E-state index in [2.05, 4.69) is 0 Å². The largest absolute Gasteiger partial charge is 0.504 e. The quantitative estimate of drug-likeness (QED) is 0.401. The fourth-order valence-corrected chi connectivity index (χ4v) is 1.05. The molecule has 13 heavy (non-hydrogen) atoms. The van der Waals surface area contributed by atoms with Crippen LogP contribution in [0.4, 0.5) is 0 Å². The second kappa shape index (κ2) is 4.45. The Kier molecular flexibility index (Phi) is 3.26. The number of benzene rings is 1. The highest BCUT2D eigenvalue weighted by Crippen LogP contribution is 2.07. The number of ketones is 1. The molecule has 1 aromatic carbocycles. The summed E-state index contributed by atoms with van der Waals surface area (Å²) in [5.74, 6) is 0.00227. The second-order valence-electron chi connectivity index (χ2n) is 2.73. The third-order valence-corrected chi connectivity index (χ3v) is 1.69. The molecule has 0 fully saturated rings. The van der Waals surface area contributed by atoms with Crippen LogP contribution >= 0.6 is 0 Å². The van der Waals surface area contributed by atoms with Crippen molar-refractivity contribution >= 4 is 5.78 Å². The Balaban J connectivity index is 2.86. The molecule has 0 unspecified atom stereocenters. The van der Waals surface area contributed by atoms with Gasteiger partial charge in [-0.1, -0.05) is 30.3 Å². The molecule has 2 nitrogen and oxygen atoms in total. The Bertz CT molecular complexity index is 312. The number of ether oxygens (including phenoxy) is 1. The summed E-state index contributed by atoms with van der Waals surface area (Å²) in [7, 11) is 1.53. The standard InChI is InChI=1S/C11H12O2/c1-9(8-13-2)11(12)10-6-4-3-5-7-10/h3-8H,1-2H3. The zero-order valence-corrected chi connectivity index (χ0v) is 7.78. The van der Waals surface area contributed by atoms with Crippen molar-refractivity contribution in [1.29, 1.82) is 0 Å². The normalized spacial score (nSPS) is 11.1. The number of methoxy groups -OCH3 is 1. The molecule has 0 heterocycles. The molecule has 0 radical (unpaired) electrons. The maximum atomic E-state index is 11.6. The Labute approximate surface area is 77.8 Å². The number of allylic oxidation sites excluding steroid dienone is 1. The van der Waals surface area contributed by atoms with Crippen LogP contribution in [0.1, 0.15) is 17.3 Å². The van der Waals surface area contributed by atoms with Gasteiger partial charge in [-0.15, -0.1) is 0 Å². The predicted molar refractivity (Wildman–Crippen MR) is 51.5 cm³/mol. The van der Waals surface area contributed by atoms with Crippen LogP contribution in [0.5, 0.6) is 0 Å². The summed E-state index contributed by atoms with van der Waals surface area (Å²) in [5.41, 5.74) is 1.29. The maximum Gasteiger partial charge on any atom is 0.191 e. The highest BCUT2D eigenvalue weighted by Gasteiger charge is 2.06. The lowest BCUT2D eigenvalue weighted by Crippen LogP contribution is -2.00. The summed E-state index contributed by atoms with van der Waals surface area (Å²) in [6, 6.07) is 9.14. The minimum Gasteiger partial charge on any atom is -0.504 e. The van der Waals surface area contributed by atoms with Gasteiger partial charge in [-0.25, -0.2) is 0 Å². The highest BCUT2D eigenvalue weighted by atomic mass is 16.5. The van der Waals surface area contributed by atoms with Crippen molar-refractivity contribution in [2.45, 2.75) is 6.92 Å². The summed E-state index contributed by atoms with van der Waals surface area (Å²) in [6.45, 7) is 1.73. The van der Waals surface area contributed by atoms with Gasteiger partial charge in [0.2, 0.25) is 0 Å². The molecule has 0 spiro atoms. The minimum absolute atomic E-state index is 0.00227. The molecule has 0 saturated heterocycles. The van der Waals surface area contributed by atoms with Crippen molar-refractivity contribution < 1.29 is 9.53 Å². The smallest absolute Gasteiger partial charge is 0.191 e. The van der Waals surface area contributed by atoms with E-state index in [1.165, 1.54) is 13.4 Å². The molecule has 0 aliphatic carbocycles. The molecule has 0 bridgehead atoms. The van der Waals surface area contributed by atoms with Crippen LogP contribution in [-0.4, -0.2) is 12.9 Å². The van der Waals surface area contributed by atoms with Crippen LogP contribution in [0.3, 0.4) is 0 Å². The van der Waals surface area contributed by atoms with Gasteiger partial charge >= 0.3 is 0 Å². The van der Waals surface area contributed by atoms with Crippen LogP contribution in [-0.2, 0) is 4.74 Å². The molecule has 68 valence electrons. The third-order valence-electron chi connectivity index (χ3n) is 1.69. The topological polar surface area (TPSA) is 26.3 Å². The number of carbonyl (C=O) groups excluding carboxylic acids is 1. The van der Waals surface area contributed by atoms with E-state index in [-0.39, 0.29) is 5.78 Å². The second-order valence-corrected chi connectivity index (χ2v) is 2.73. The van der Waals surface area contributed by atoms with Crippen LogP contribution in [0.25, 0.3) is 0 Å². The Hall–Kier alpha value is -1.57. The van der Waals surface area contributed by atoms with E-state index in [1.807, 2.05) is 18.2 Å². The first-order chi connectivity index (χ1) is 6.25. The molecular weight excluding hydrogens is 164 g/mol. The van der Waals surface area contributed by atoms with Gasteiger partial charge in [0.25, 0.3) is 0 Å². The van der Waals surface area contributed by atoms with Gasteiger partial charge in [0, 0.05) is 11.1 Å². The average Bonchev–Trinajstić information content (AvgIpc) is 2.18. The molecule has 0 atom stereocenters. The van der Waals surface area contributed by atoms with Crippen molar-refractivity contribution in [2.75, 3.05) is 7.11 Å². The van der Waals surface area contributed by atoms with E-state index in [4.69, 9.17) is 4.74 Å². The van der Waals surface area contributed by atoms with Crippen molar-refractivity contribution in [1.82, 2.24) is 0 Å². The Morgan fingerprint density at radius 2 is 1.92 bits per heavy atom. The summed E-state index contributed by atoms with van der Waals surface area (Å²) in [4.78, 5) is 11.6. The monoisotopic (exact) mass is 176 g/mol. The average molecular weight is 176 g/mol. The van der Waals surface area contributed by atoms with E-state index in [0.29, 0.717) is 11.1 Å². The lowest BCUT2D eigenvalue weighted by Gasteiger charge is -1.99. The molecule has 0 aromatic heterocycles. The van der Waals surface area contributed by atoms with Gasteiger partial charge < -0.3 is 4.74 Å². The maximum absolute atomic E-state index is 11.6. The lowest BCUT2D eigenvalue weighted by atomic mass is 10.1. The van der Waals surface area contributed by atoms with Crippen LogP contribution in [0, 0.1) is 0 Å². The summed E-state index contributed by atoms with van der Waals surface area (Å²) in [6.07, 6.45) is 1.45. The van der Waals surface area contributed by atoms with Crippen molar-refractivity contribution in [3.8, 4) is 0 Å². The van der Waals surface area contributed by atoms with Gasteiger partial charge in [-0.05, 0) is 6.92 Å². The van der Waals surface area contributed by atoms with E-state index >= 15 is 0 Å². The van der Waals surface area contributed by atoms with Crippen molar-refractivity contribution in [3.63, 3.8) is 0 Å². The zero-order chi connectivity index (χ0) is 9.68. The SMILES string of the molecule is COC=C(C)C(=O)c1ccccc1. The lowest BCUT2D eigenvalue weighted by molar-refractivity contribution is 0.103. The first-order valence-corrected chi connectivity index (χ1v) is 4.05. The summed E-state index contributed by atoms with van der Waals surface area (Å²) < 4.78 is 4.76. The van der Waals surface area contributed by atoms with E-state index < -0.39 is 0 Å². The molecule has 0 aliphatic rings. The van der Waals surface area contributed by atoms with E-state index in [9.17, 15) is 4.79 Å². The molecule has 0 N–H and O–H groups in total. The molecular formula is C11H12O2. The number of Topliss-reactive ketones (excluding diaryl/α,β-unsaturated/α-hetero) is 1. The first-order valence-electron chi connectivity index (χ1n) is 4.05. The van der Waals surface area contributed by atoms with Gasteiger partial charge in [0.05, 0.1) is 13.4 Å². The number of rotatable bonds is 3. The van der Waals surface area contributed by atoms with Crippen LogP contribution in [0.2, 0.25) is 0 Å². The molecule has 1 rings (SSSR count). The molecule has 2 heteroatoms. The highest BCUT2D eigenvalue weighted by molar-refractivity contribution is 6.08. The summed E-state index contributed by atoms with van der Waals surface area (Å²) in [5, 5.41) is 0. The minimum atomic E-state index is 0.00227. The molecule has 0 saturated carbocycles. The number of hydrogen-bond donors (Lipinski definition) is 0. The van der Waals surface area contributed by atoms with E-state index in [0.717, 1.165) is 0 Å².